The van der Waals surface area contributed by atoms with Crippen molar-refractivity contribution in [2.45, 2.75) is 13.5 Å². The smallest absolute Gasteiger partial charge is 0.164 e. The molecular weight excluding hydrogens is 268 g/mol. The van der Waals surface area contributed by atoms with Crippen LogP contribution in [0.3, 0.4) is 0 Å². The first-order chi connectivity index (χ1) is 7.70. The summed E-state index contributed by atoms with van der Waals surface area (Å²) in [5, 5.41) is 0. The average Bonchev–Trinajstić information content (AvgIpc) is 2.28. The molecule has 5 heteroatoms. The topological polar surface area (TPSA) is 64.7 Å². The Morgan fingerprint density at radius 2 is 1.94 bits per heavy atom. The Kier molecular flexibility index (Phi) is 3.26. The Bertz CT molecular complexity index is 513. The highest BCUT2D eigenvalue weighted by molar-refractivity contribution is 9.10. The Labute approximate surface area is 102 Å². The van der Waals surface area contributed by atoms with Gasteiger partial charge < -0.3 is 5.73 Å². The summed E-state index contributed by atoms with van der Waals surface area (Å²) in [6.07, 6.45) is 0. The van der Waals surface area contributed by atoms with Crippen LogP contribution >= 0.6 is 15.9 Å². The first-order valence-corrected chi connectivity index (χ1v) is 5.66. The number of rotatable bonds is 2. The lowest BCUT2D eigenvalue weighted by Crippen LogP contribution is -2.07. The average molecular weight is 279 g/mol. The molecular formula is C11H11BrN4. The first kappa shape index (κ1) is 11.2. The number of halogens is 1. The van der Waals surface area contributed by atoms with Crippen molar-refractivity contribution in [1.82, 2.24) is 15.0 Å². The highest BCUT2D eigenvalue weighted by Gasteiger charge is 2.07. The molecule has 0 saturated carbocycles. The van der Waals surface area contributed by atoms with Gasteiger partial charge in [0.05, 0.1) is 6.54 Å². The summed E-state index contributed by atoms with van der Waals surface area (Å²) < 4.78 is 0.962. The highest BCUT2D eigenvalue weighted by atomic mass is 79.9. The van der Waals surface area contributed by atoms with E-state index >= 15 is 0 Å². The molecule has 0 saturated heterocycles. The standard InChI is InChI=1S/C11H11BrN4/c1-7-14-10(6-13)16-11(15-7)8-4-2-3-5-9(8)12/h2-5H,6,13H2,1H3. The minimum absolute atomic E-state index is 0.320. The summed E-state index contributed by atoms with van der Waals surface area (Å²) in [4.78, 5) is 12.8. The van der Waals surface area contributed by atoms with E-state index < -0.39 is 0 Å². The van der Waals surface area contributed by atoms with Gasteiger partial charge in [0.2, 0.25) is 0 Å². The molecule has 0 unspecified atom stereocenters. The van der Waals surface area contributed by atoms with Crippen LogP contribution < -0.4 is 5.73 Å². The number of nitrogens with two attached hydrogens (primary N) is 1. The zero-order valence-corrected chi connectivity index (χ0v) is 10.4. The number of hydrogen-bond acceptors (Lipinski definition) is 4. The van der Waals surface area contributed by atoms with Gasteiger partial charge in [0.15, 0.2) is 5.82 Å². The van der Waals surface area contributed by atoms with E-state index in [-0.39, 0.29) is 0 Å². The van der Waals surface area contributed by atoms with Gasteiger partial charge in [-0.25, -0.2) is 15.0 Å². The molecule has 0 aliphatic carbocycles. The maximum absolute atomic E-state index is 5.54. The van der Waals surface area contributed by atoms with E-state index in [1.54, 1.807) is 0 Å². The number of nitrogens with zero attached hydrogens (tertiary/aromatic N) is 3. The van der Waals surface area contributed by atoms with Gasteiger partial charge in [-0.15, -0.1) is 0 Å². The van der Waals surface area contributed by atoms with Crippen molar-refractivity contribution in [2.24, 2.45) is 5.73 Å². The van der Waals surface area contributed by atoms with Crippen LogP contribution in [0.2, 0.25) is 0 Å². The second kappa shape index (κ2) is 4.67. The van der Waals surface area contributed by atoms with E-state index in [9.17, 15) is 0 Å². The number of aryl methyl sites for hydroxylation is 1. The molecule has 0 bridgehead atoms. The van der Waals surface area contributed by atoms with E-state index in [1.807, 2.05) is 31.2 Å². The van der Waals surface area contributed by atoms with Crippen molar-refractivity contribution < 1.29 is 0 Å². The molecule has 0 atom stereocenters. The first-order valence-electron chi connectivity index (χ1n) is 4.87. The monoisotopic (exact) mass is 278 g/mol. The molecule has 2 N–H and O–H groups in total. The third-order valence-corrected chi connectivity index (χ3v) is 2.78. The van der Waals surface area contributed by atoms with E-state index in [0.29, 0.717) is 24.0 Å². The summed E-state index contributed by atoms with van der Waals surface area (Å²) in [6.45, 7) is 2.15. The van der Waals surface area contributed by atoms with Crippen LogP contribution in [0, 0.1) is 6.92 Å². The van der Waals surface area contributed by atoms with Gasteiger partial charge in [-0.2, -0.15) is 0 Å². The van der Waals surface area contributed by atoms with Crippen molar-refractivity contribution in [3.8, 4) is 11.4 Å². The molecule has 16 heavy (non-hydrogen) atoms. The van der Waals surface area contributed by atoms with Crippen LogP contribution in [0.1, 0.15) is 11.6 Å². The molecule has 2 aromatic rings. The van der Waals surface area contributed by atoms with Crippen molar-refractivity contribution in [3.05, 3.63) is 40.4 Å². The molecule has 0 aliphatic rings. The van der Waals surface area contributed by atoms with E-state index in [2.05, 4.69) is 30.9 Å². The molecule has 82 valence electrons. The fourth-order valence-corrected chi connectivity index (χ4v) is 1.85. The van der Waals surface area contributed by atoms with Gasteiger partial charge in [0.25, 0.3) is 0 Å². The second-order valence-electron chi connectivity index (χ2n) is 3.31. The quantitative estimate of drug-likeness (QED) is 0.914. The van der Waals surface area contributed by atoms with Gasteiger partial charge in [-0.05, 0) is 13.0 Å². The molecule has 1 heterocycles. The van der Waals surface area contributed by atoms with Crippen molar-refractivity contribution in [1.29, 1.82) is 0 Å². The normalized spacial score (nSPS) is 10.4. The van der Waals surface area contributed by atoms with Crippen LogP contribution in [0.5, 0.6) is 0 Å². The van der Waals surface area contributed by atoms with E-state index in [0.717, 1.165) is 10.0 Å². The molecule has 4 nitrogen and oxygen atoms in total. The zero-order chi connectivity index (χ0) is 11.5. The summed E-state index contributed by atoms with van der Waals surface area (Å²) in [7, 11) is 0. The summed E-state index contributed by atoms with van der Waals surface area (Å²) in [5.41, 5.74) is 6.49. The van der Waals surface area contributed by atoms with Gasteiger partial charge in [-0.3, -0.25) is 0 Å². The maximum Gasteiger partial charge on any atom is 0.164 e. The van der Waals surface area contributed by atoms with Crippen molar-refractivity contribution in [2.75, 3.05) is 0 Å². The van der Waals surface area contributed by atoms with Crippen LogP contribution in [0.15, 0.2) is 28.7 Å². The third kappa shape index (κ3) is 2.25. The minimum atomic E-state index is 0.320. The molecule has 1 aromatic carbocycles. The summed E-state index contributed by atoms with van der Waals surface area (Å²) in [5.74, 6) is 1.94. The molecule has 0 spiro atoms. The van der Waals surface area contributed by atoms with Crippen LogP contribution in [-0.4, -0.2) is 15.0 Å². The molecule has 0 fully saturated rings. The maximum atomic E-state index is 5.54. The molecule has 0 radical (unpaired) electrons. The Balaban J connectivity index is 2.56. The number of hydrogen-bond donors (Lipinski definition) is 1. The highest BCUT2D eigenvalue weighted by Crippen LogP contribution is 2.24. The van der Waals surface area contributed by atoms with Gasteiger partial charge >= 0.3 is 0 Å². The molecule has 0 amide bonds. The Morgan fingerprint density at radius 1 is 1.19 bits per heavy atom. The Hall–Kier alpha value is -1.33. The molecule has 2 rings (SSSR count). The summed E-state index contributed by atoms with van der Waals surface area (Å²) in [6, 6.07) is 7.81. The summed E-state index contributed by atoms with van der Waals surface area (Å²) >= 11 is 3.47. The number of benzene rings is 1. The lowest BCUT2D eigenvalue weighted by atomic mass is 10.2. The zero-order valence-electron chi connectivity index (χ0n) is 8.81. The van der Waals surface area contributed by atoms with Gasteiger partial charge in [0, 0.05) is 10.0 Å². The van der Waals surface area contributed by atoms with Crippen LogP contribution in [-0.2, 0) is 6.54 Å². The van der Waals surface area contributed by atoms with Crippen molar-refractivity contribution in [3.63, 3.8) is 0 Å². The Morgan fingerprint density at radius 3 is 2.62 bits per heavy atom. The van der Waals surface area contributed by atoms with Gasteiger partial charge in [0.1, 0.15) is 11.6 Å². The predicted octanol–water partition coefficient (Wildman–Crippen LogP) is 2.07. The van der Waals surface area contributed by atoms with Crippen LogP contribution in [0.25, 0.3) is 11.4 Å². The van der Waals surface area contributed by atoms with Crippen molar-refractivity contribution >= 4 is 15.9 Å². The fraction of sp³-hybridized carbons (Fsp3) is 0.182. The molecule has 1 aromatic heterocycles. The SMILES string of the molecule is Cc1nc(CN)nc(-c2ccccc2Br)n1. The predicted molar refractivity (Wildman–Crippen MR) is 65.6 cm³/mol. The lowest BCUT2D eigenvalue weighted by molar-refractivity contribution is 0.851. The van der Waals surface area contributed by atoms with Crippen LogP contribution in [0.4, 0.5) is 0 Å². The minimum Gasteiger partial charge on any atom is -0.324 e. The van der Waals surface area contributed by atoms with E-state index in [1.165, 1.54) is 0 Å². The fourth-order valence-electron chi connectivity index (χ4n) is 1.39. The largest absolute Gasteiger partial charge is 0.324 e. The third-order valence-electron chi connectivity index (χ3n) is 2.09. The van der Waals surface area contributed by atoms with E-state index in [4.69, 9.17) is 5.73 Å². The number of aromatic nitrogens is 3. The molecule has 0 aliphatic heterocycles. The van der Waals surface area contributed by atoms with Gasteiger partial charge in [-0.1, -0.05) is 34.1 Å². The second-order valence-corrected chi connectivity index (χ2v) is 4.16. The lowest BCUT2D eigenvalue weighted by Gasteiger charge is -2.05.